The number of nitrogen functional groups attached to an aromatic ring is 1. The predicted molar refractivity (Wildman–Crippen MR) is 108 cm³/mol. The Labute approximate surface area is 173 Å². The van der Waals surface area contributed by atoms with Crippen molar-refractivity contribution in [2.75, 3.05) is 5.73 Å². The molecule has 0 bridgehead atoms. The Morgan fingerprint density at radius 2 is 1.93 bits per heavy atom. The summed E-state index contributed by atoms with van der Waals surface area (Å²) in [5.74, 6) is -0.250. The monoisotopic (exact) mass is 433 g/mol. The van der Waals surface area contributed by atoms with Crippen LogP contribution in [-0.2, 0) is 12.8 Å². The fraction of sp³-hybridized carbons (Fsp3) is 0.143. The van der Waals surface area contributed by atoms with Crippen molar-refractivity contribution in [3.63, 3.8) is 0 Å². The minimum absolute atomic E-state index is 0.135. The van der Waals surface area contributed by atoms with Gasteiger partial charge in [0.25, 0.3) is 0 Å². The smallest absolute Gasteiger partial charge is 0.419 e. The highest BCUT2D eigenvalue weighted by Crippen LogP contribution is 2.44. The van der Waals surface area contributed by atoms with Gasteiger partial charge in [-0.1, -0.05) is 23.7 Å². The van der Waals surface area contributed by atoms with Crippen LogP contribution in [0.1, 0.15) is 16.7 Å². The fourth-order valence-electron chi connectivity index (χ4n) is 3.29. The van der Waals surface area contributed by atoms with E-state index in [4.69, 9.17) is 21.8 Å². The summed E-state index contributed by atoms with van der Waals surface area (Å²) in [7, 11) is 0. The Morgan fingerprint density at radius 3 is 2.63 bits per heavy atom. The van der Waals surface area contributed by atoms with Gasteiger partial charge in [0.15, 0.2) is 5.58 Å². The largest absolute Gasteiger partial charge is 0.434 e. The molecule has 30 heavy (non-hydrogen) atoms. The van der Waals surface area contributed by atoms with E-state index >= 15 is 0 Å². The second kappa shape index (κ2) is 7.30. The summed E-state index contributed by atoms with van der Waals surface area (Å²) in [4.78, 5) is 8.18. The molecule has 0 spiro atoms. The third-order valence-corrected chi connectivity index (χ3v) is 5.06. The molecule has 0 saturated carbocycles. The lowest BCUT2D eigenvalue weighted by Crippen LogP contribution is -2.11. The maximum absolute atomic E-state index is 14.2. The molecule has 0 radical (unpaired) electrons. The van der Waals surface area contributed by atoms with Crippen molar-refractivity contribution in [3.8, 4) is 22.7 Å². The molecule has 2 heterocycles. The van der Waals surface area contributed by atoms with E-state index in [1.54, 1.807) is 19.1 Å². The van der Waals surface area contributed by atoms with E-state index in [0.29, 0.717) is 16.8 Å². The number of hydrogen-bond donors (Lipinski definition) is 2. The molecule has 154 valence electrons. The summed E-state index contributed by atoms with van der Waals surface area (Å²) in [6, 6.07) is 8.88. The molecule has 3 N–H and O–H groups in total. The van der Waals surface area contributed by atoms with Crippen LogP contribution in [-0.4, -0.2) is 15.1 Å². The number of fused-ring (bicyclic) bond motifs is 1. The van der Waals surface area contributed by atoms with Gasteiger partial charge in [0.05, 0.1) is 28.5 Å². The molecule has 4 rings (SSSR count). The highest BCUT2D eigenvalue weighted by atomic mass is 35.5. The number of aliphatic hydroxyl groups is 1. The van der Waals surface area contributed by atoms with Crippen LogP contribution in [0.5, 0.6) is 0 Å². The molecule has 0 aliphatic carbocycles. The number of anilines is 1. The van der Waals surface area contributed by atoms with Gasteiger partial charge in [0, 0.05) is 17.4 Å². The molecule has 9 heteroatoms. The zero-order valence-electron chi connectivity index (χ0n) is 15.6. The molecule has 2 aromatic carbocycles. The van der Waals surface area contributed by atoms with Gasteiger partial charge in [0.1, 0.15) is 5.52 Å². The van der Waals surface area contributed by atoms with Crippen molar-refractivity contribution in [3.05, 3.63) is 64.3 Å². The first-order valence-electron chi connectivity index (χ1n) is 8.82. The van der Waals surface area contributed by atoms with Crippen molar-refractivity contribution in [1.82, 2.24) is 9.97 Å². The number of alkyl halides is 3. The minimum atomic E-state index is -4.74. The molecule has 0 atom stereocenters. The van der Waals surface area contributed by atoms with Crippen LogP contribution >= 0.6 is 11.6 Å². The zero-order valence-corrected chi connectivity index (χ0v) is 16.3. The van der Waals surface area contributed by atoms with Crippen LogP contribution in [0.2, 0.25) is 5.02 Å². The fourth-order valence-corrected chi connectivity index (χ4v) is 3.57. The maximum atomic E-state index is 14.2. The van der Waals surface area contributed by atoms with E-state index in [1.165, 1.54) is 30.5 Å². The van der Waals surface area contributed by atoms with Gasteiger partial charge in [-0.15, -0.1) is 0 Å². The SMILES string of the molecule is Cc1c(N)cccc1-c1nccc(-c2nc3cc(CO)cc(Cl)c3o2)c1C(F)(F)F. The van der Waals surface area contributed by atoms with E-state index in [9.17, 15) is 18.3 Å². The topological polar surface area (TPSA) is 85.2 Å². The Hall–Kier alpha value is -3.10. The molecular formula is C21H15ClF3N3O2. The number of aromatic nitrogens is 2. The van der Waals surface area contributed by atoms with Crippen molar-refractivity contribution in [2.24, 2.45) is 0 Å². The second-order valence-electron chi connectivity index (χ2n) is 6.70. The quantitative estimate of drug-likeness (QED) is 0.410. The van der Waals surface area contributed by atoms with E-state index in [1.807, 2.05) is 0 Å². The highest BCUT2D eigenvalue weighted by molar-refractivity contribution is 6.34. The van der Waals surface area contributed by atoms with Crippen LogP contribution in [0.25, 0.3) is 33.8 Å². The summed E-state index contributed by atoms with van der Waals surface area (Å²) in [6.07, 6.45) is -3.48. The number of aliphatic hydroxyl groups excluding tert-OH is 1. The first kappa shape index (κ1) is 20.2. The number of hydrogen-bond acceptors (Lipinski definition) is 5. The second-order valence-corrected chi connectivity index (χ2v) is 7.11. The molecule has 4 aromatic rings. The standard InChI is InChI=1S/C21H15ClF3N3O2/c1-10-12(3-2-4-15(10)26)18-17(21(23,24)25)13(5-6-27-18)20-28-16-8-11(9-29)7-14(22)19(16)30-20/h2-8,29H,9,26H2,1H3. The maximum Gasteiger partial charge on any atom is 0.419 e. The summed E-state index contributed by atoms with van der Waals surface area (Å²) < 4.78 is 48.1. The van der Waals surface area contributed by atoms with E-state index in [0.717, 1.165) is 0 Å². The zero-order chi connectivity index (χ0) is 21.6. The number of rotatable bonds is 3. The van der Waals surface area contributed by atoms with Gasteiger partial charge in [-0.05, 0) is 42.3 Å². The number of nitrogens with two attached hydrogens (primary N) is 1. The Bertz CT molecular complexity index is 1270. The average molecular weight is 434 g/mol. The summed E-state index contributed by atoms with van der Waals surface area (Å²) >= 11 is 6.14. The lowest BCUT2D eigenvalue weighted by atomic mass is 9.96. The van der Waals surface area contributed by atoms with Crippen molar-refractivity contribution in [2.45, 2.75) is 19.7 Å². The number of oxazole rings is 1. The first-order valence-corrected chi connectivity index (χ1v) is 9.20. The molecule has 2 aromatic heterocycles. The van der Waals surface area contributed by atoms with Crippen LogP contribution < -0.4 is 5.73 Å². The molecule has 0 saturated heterocycles. The number of pyridine rings is 1. The molecule has 5 nitrogen and oxygen atoms in total. The number of halogens is 4. The Kier molecular flexibility index (Phi) is 4.91. The van der Waals surface area contributed by atoms with Gasteiger partial charge >= 0.3 is 6.18 Å². The molecule has 0 aliphatic rings. The lowest BCUT2D eigenvalue weighted by molar-refractivity contribution is -0.136. The van der Waals surface area contributed by atoms with E-state index in [-0.39, 0.29) is 45.4 Å². The molecule has 0 unspecified atom stereocenters. The van der Waals surface area contributed by atoms with Gasteiger partial charge < -0.3 is 15.3 Å². The number of benzene rings is 2. The van der Waals surface area contributed by atoms with Gasteiger partial charge in [-0.2, -0.15) is 13.2 Å². The Balaban J connectivity index is 2.01. The molecule has 0 fully saturated rings. The van der Waals surface area contributed by atoms with Gasteiger partial charge in [-0.3, -0.25) is 4.98 Å². The summed E-state index contributed by atoms with van der Waals surface area (Å²) in [5, 5.41) is 9.47. The number of nitrogens with zero attached hydrogens (tertiary/aromatic N) is 2. The van der Waals surface area contributed by atoms with Crippen LogP contribution in [0, 0.1) is 6.92 Å². The minimum Gasteiger partial charge on any atom is -0.434 e. The molecule has 0 aliphatic heterocycles. The van der Waals surface area contributed by atoms with Crippen LogP contribution in [0.4, 0.5) is 18.9 Å². The normalized spacial score (nSPS) is 11.9. The highest BCUT2D eigenvalue weighted by Gasteiger charge is 2.39. The third-order valence-electron chi connectivity index (χ3n) is 4.78. The van der Waals surface area contributed by atoms with Gasteiger partial charge in [-0.25, -0.2) is 4.98 Å². The van der Waals surface area contributed by atoms with E-state index < -0.39 is 11.7 Å². The summed E-state index contributed by atoms with van der Waals surface area (Å²) in [6.45, 7) is 1.34. The molecular weight excluding hydrogens is 419 g/mol. The van der Waals surface area contributed by atoms with Crippen LogP contribution in [0.3, 0.4) is 0 Å². The van der Waals surface area contributed by atoms with E-state index in [2.05, 4.69) is 9.97 Å². The van der Waals surface area contributed by atoms with Crippen LogP contribution in [0.15, 0.2) is 47.0 Å². The van der Waals surface area contributed by atoms with Gasteiger partial charge in [0.2, 0.25) is 5.89 Å². The molecule has 0 amide bonds. The van der Waals surface area contributed by atoms with Crippen molar-refractivity contribution >= 4 is 28.4 Å². The first-order chi connectivity index (χ1) is 14.2. The predicted octanol–water partition coefficient (Wildman–Crippen LogP) is 5.61. The Morgan fingerprint density at radius 1 is 1.17 bits per heavy atom. The third kappa shape index (κ3) is 3.38. The average Bonchev–Trinajstić information content (AvgIpc) is 3.13. The van der Waals surface area contributed by atoms with Crippen molar-refractivity contribution < 1.29 is 22.7 Å². The lowest BCUT2D eigenvalue weighted by Gasteiger charge is -2.17. The summed E-state index contributed by atoms with van der Waals surface area (Å²) in [5.41, 5.74) is 6.32. The van der Waals surface area contributed by atoms with Crippen molar-refractivity contribution in [1.29, 1.82) is 0 Å².